The van der Waals surface area contributed by atoms with Gasteiger partial charge in [0.05, 0.1) is 11.6 Å². The molecule has 4 heteroatoms. The van der Waals surface area contributed by atoms with Crippen molar-refractivity contribution in [2.24, 2.45) is 0 Å². The van der Waals surface area contributed by atoms with Crippen LogP contribution in [0, 0.1) is 0 Å². The lowest BCUT2D eigenvalue weighted by Crippen LogP contribution is -1.79. The largest absolute Gasteiger partial charge is 0.486 e. The number of methoxy groups -OCH3 is 1. The number of halogens is 2. The number of hydrogen-bond donors (Lipinski definition) is 0. The van der Waals surface area contributed by atoms with Crippen molar-refractivity contribution in [3.63, 3.8) is 0 Å². The van der Waals surface area contributed by atoms with Crippen molar-refractivity contribution in [1.82, 2.24) is 0 Å². The van der Waals surface area contributed by atoms with E-state index in [9.17, 15) is 0 Å². The van der Waals surface area contributed by atoms with Gasteiger partial charge in [-0.25, -0.2) is 0 Å². The first-order valence-electron chi connectivity index (χ1n) is 4.07. The third-order valence-corrected chi connectivity index (χ3v) is 4.78. The topological polar surface area (TPSA) is 9.23 Å². The summed E-state index contributed by atoms with van der Waals surface area (Å²) in [6.07, 6.45) is 0. The van der Waals surface area contributed by atoms with Crippen molar-refractivity contribution in [2.75, 3.05) is 7.11 Å². The third kappa shape index (κ3) is 1.59. The summed E-state index contributed by atoms with van der Waals surface area (Å²) < 4.78 is 7.61. The molecule has 0 aliphatic rings. The van der Waals surface area contributed by atoms with Crippen LogP contribution in [0.4, 0.5) is 0 Å². The van der Waals surface area contributed by atoms with Crippen molar-refractivity contribution >= 4 is 53.3 Å². The molecular weight excluding hydrogens is 328 g/mol. The zero-order valence-electron chi connectivity index (χ0n) is 7.51. The zero-order valence-corrected chi connectivity index (χ0v) is 11.5. The van der Waals surface area contributed by atoms with Crippen molar-refractivity contribution in [3.8, 4) is 5.06 Å². The fraction of sp³-hybridized carbons (Fsp3) is 0.200. The molecule has 0 bridgehead atoms. The Kier molecular flexibility index (Phi) is 3.14. The molecule has 1 nitrogen and oxygen atoms in total. The Hall–Kier alpha value is -0.0600. The van der Waals surface area contributed by atoms with E-state index in [2.05, 4.69) is 50.1 Å². The minimum atomic E-state index is 0.864. The van der Waals surface area contributed by atoms with E-state index in [0.717, 1.165) is 14.9 Å². The molecule has 74 valence electrons. The molecule has 0 saturated heterocycles. The summed E-state index contributed by atoms with van der Waals surface area (Å²) in [4.78, 5) is 0. The SMILES string of the molecule is COc1sc2cccc(CBr)c2c1Br. The predicted octanol–water partition coefficient (Wildman–Crippen LogP) is 4.57. The lowest BCUT2D eigenvalue weighted by molar-refractivity contribution is 0.425. The summed E-state index contributed by atoms with van der Waals surface area (Å²) in [5, 5.41) is 3.06. The fourth-order valence-electron chi connectivity index (χ4n) is 1.40. The normalized spacial score (nSPS) is 10.8. The summed E-state index contributed by atoms with van der Waals surface area (Å²) in [6.45, 7) is 0. The molecule has 1 aromatic carbocycles. The van der Waals surface area contributed by atoms with Crippen molar-refractivity contribution in [3.05, 3.63) is 28.2 Å². The van der Waals surface area contributed by atoms with Gasteiger partial charge in [-0.1, -0.05) is 39.4 Å². The van der Waals surface area contributed by atoms with Crippen LogP contribution in [-0.2, 0) is 5.33 Å². The van der Waals surface area contributed by atoms with Crippen LogP contribution in [0.3, 0.4) is 0 Å². The highest BCUT2D eigenvalue weighted by Crippen LogP contribution is 2.43. The molecule has 0 saturated carbocycles. The van der Waals surface area contributed by atoms with Crippen LogP contribution >= 0.6 is 43.2 Å². The van der Waals surface area contributed by atoms with Gasteiger partial charge in [-0.05, 0) is 27.6 Å². The third-order valence-electron chi connectivity index (χ3n) is 2.04. The second kappa shape index (κ2) is 4.21. The molecule has 0 fully saturated rings. The highest BCUT2D eigenvalue weighted by molar-refractivity contribution is 9.10. The van der Waals surface area contributed by atoms with Gasteiger partial charge in [-0.3, -0.25) is 0 Å². The molecule has 14 heavy (non-hydrogen) atoms. The molecule has 1 heterocycles. The van der Waals surface area contributed by atoms with Crippen LogP contribution in [0.15, 0.2) is 22.7 Å². The number of fused-ring (bicyclic) bond motifs is 1. The van der Waals surface area contributed by atoms with Crippen molar-refractivity contribution < 1.29 is 4.74 Å². The Morgan fingerprint density at radius 1 is 1.43 bits per heavy atom. The maximum Gasteiger partial charge on any atom is 0.189 e. The first-order chi connectivity index (χ1) is 6.77. The summed E-state index contributed by atoms with van der Waals surface area (Å²) >= 11 is 8.72. The van der Waals surface area contributed by atoms with Gasteiger partial charge in [-0.2, -0.15) is 0 Å². The van der Waals surface area contributed by atoms with Gasteiger partial charge in [0, 0.05) is 15.4 Å². The molecule has 0 aliphatic heterocycles. The van der Waals surface area contributed by atoms with E-state index in [1.54, 1.807) is 18.4 Å². The van der Waals surface area contributed by atoms with Crippen molar-refractivity contribution in [1.29, 1.82) is 0 Å². The molecule has 1 aromatic heterocycles. The molecule has 0 unspecified atom stereocenters. The van der Waals surface area contributed by atoms with Crippen LogP contribution in [0.2, 0.25) is 0 Å². The Balaban J connectivity index is 2.79. The van der Waals surface area contributed by atoms with E-state index in [4.69, 9.17) is 4.74 Å². The quantitative estimate of drug-likeness (QED) is 0.730. The van der Waals surface area contributed by atoms with Crippen LogP contribution in [0.5, 0.6) is 5.06 Å². The molecule has 0 amide bonds. The number of hydrogen-bond acceptors (Lipinski definition) is 2. The Labute approximate surface area is 103 Å². The van der Waals surface area contributed by atoms with Gasteiger partial charge in [0.25, 0.3) is 0 Å². The monoisotopic (exact) mass is 334 g/mol. The maximum absolute atomic E-state index is 5.29. The van der Waals surface area contributed by atoms with Gasteiger partial charge >= 0.3 is 0 Å². The van der Waals surface area contributed by atoms with Crippen LogP contribution < -0.4 is 4.74 Å². The second-order valence-electron chi connectivity index (χ2n) is 2.83. The molecule has 0 atom stereocenters. The standard InChI is InChI=1S/C10H8Br2OS/c1-13-10-9(12)8-6(5-11)3-2-4-7(8)14-10/h2-4H,5H2,1H3. The lowest BCUT2D eigenvalue weighted by atomic mass is 10.1. The van der Waals surface area contributed by atoms with Gasteiger partial charge < -0.3 is 4.74 Å². The van der Waals surface area contributed by atoms with E-state index < -0.39 is 0 Å². The Morgan fingerprint density at radius 3 is 2.86 bits per heavy atom. The summed E-state index contributed by atoms with van der Waals surface area (Å²) in [6, 6.07) is 6.30. The number of ether oxygens (including phenoxy) is 1. The minimum Gasteiger partial charge on any atom is -0.486 e. The van der Waals surface area contributed by atoms with E-state index in [-0.39, 0.29) is 0 Å². The highest BCUT2D eigenvalue weighted by Gasteiger charge is 2.12. The van der Waals surface area contributed by atoms with Crippen LogP contribution in [-0.4, -0.2) is 7.11 Å². The number of benzene rings is 1. The number of alkyl halides is 1. The molecule has 0 radical (unpaired) electrons. The molecule has 2 aromatic rings. The Morgan fingerprint density at radius 2 is 2.21 bits per heavy atom. The Bertz CT molecular complexity index is 464. The number of thiophene rings is 1. The minimum absolute atomic E-state index is 0.864. The molecule has 0 aliphatic carbocycles. The van der Waals surface area contributed by atoms with E-state index >= 15 is 0 Å². The molecule has 0 N–H and O–H groups in total. The average Bonchev–Trinajstić information content (AvgIpc) is 2.55. The van der Waals surface area contributed by atoms with Gasteiger partial charge in [0.15, 0.2) is 5.06 Å². The van der Waals surface area contributed by atoms with E-state index in [1.807, 2.05) is 0 Å². The molecule has 0 spiro atoms. The van der Waals surface area contributed by atoms with Crippen LogP contribution in [0.1, 0.15) is 5.56 Å². The van der Waals surface area contributed by atoms with Crippen molar-refractivity contribution in [2.45, 2.75) is 5.33 Å². The summed E-state index contributed by atoms with van der Waals surface area (Å²) in [5.41, 5.74) is 1.29. The van der Waals surface area contributed by atoms with Gasteiger partial charge in [-0.15, -0.1) is 0 Å². The summed E-state index contributed by atoms with van der Waals surface area (Å²) in [5.74, 6) is 0. The first kappa shape index (κ1) is 10.5. The average molecular weight is 336 g/mol. The first-order valence-corrected chi connectivity index (χ1v) is 6.81. The van der Waals surface area contributed by atoms with E-state index in [1.165, 1.54) is 15.6 Å². The number of rotatable bonds is 2. The summed E-state index contributed by atoms with van der Waals surface area (Å²) in [7, 11) is 1.70. The highest BCUT2D eigenvalue weighted by atomic mass is 79.9. The van der Waals surface area contributed by atoms with Gasteiger partial charge in [0.2, 0.25) is 0 Å². The van der Waals surface area contributed by atoms with E-state index in [0.29, 0.717) is 0 Å². The van der Waals surface area contributed by atoms with Gasteiger partial charge in [0.1, 0.15) is 0 Å². The fourth-order valence-corrected chi connectivity index (χ4v) is 3.83. The van der Waals surface area contributed by atoms with Crippen LogP contribution in [0.25, 0.3) is 10.1 Å². The predicted molar refractivity (Wildman–Crippen MR) is 68.7 cm³/mol. The molecule has 2 rings (SSSR count). The smallest absolute Gasteiger partial charge is 0.189 e. The molecular formula is C10H8Br2OS. The second-order valence-corrected chi connectivity index (χ2v) is 5.20. The zero-order chi connectivity index (χ0) is 10.1. The maximum atomic E-state index is 5.29. The lowest BCUT2D eigenvalue weighted by Gasteiger charge is -1.98.